The number of primary amides is 2. The van der Waals surface area contributed by atoms with Gasteiger partial charge < -0.3 is 26.8 Å². The Morgan fingerprint density at radius 1 is 1.03 bits per heavy atom. The van der Waals surface area contributed by atoms with E-state index < -0.39 is 23.8 Å². The highest BCUT2D eigenvalue weighted by Crippen LogP contribution is 2.32. The lowest BCUT2D eigenvalue weighted by Gasteiger charge is -2.29. The molecule has 0 aliphatic carbocycles. The first-order valence-electron chi connectivity index (χ1n) is 12.2. The lowest BCUT2D eigenvalue weighted by molar-refractivity contribution is 0.0751. The summed E-state index contributed by atoms with van der Waals surface area (Å²) in [6, 6.07) is 12.3. The predicted octanol–water partition coefficient (Wildman–Crippen LogP) is 2.40. The van der Waals surface area contributed by atoms with E-state index in [0.717, 1.165) is 18.4 Å². The normalized spacial score (nSPS) is 12.4. The summed E-state index contributed by atoms with van der Waals surface area (Å²) in [4.78, 5) is 39.9. The van der Waals surface area contributed by atoms with Crippen molar-refractivity contribution in [2.24, 2.45) is 11.5 Å². The number of nitrogens with zero attached hydrogens (tertiary/aromatic N) is 1. The van der Waals surface area contributed by atoms with Crippen LogP contribution < -0.4 is 16.8 Å². The largest absolute Gasteiger partial charge is 0.391 e. The van der Waals surface area contributed by atoms with Gasteiger partial charge >= 0.3 is 0 Å². The number of aliphatic hydroxyl groups excluding tert-OH is 1. The number of hydrogen-bond acceptors (Lipinski definition) is 5. The number of benzene rings is 2. The maximum absolute atomic E-state index is 13.7. The van der Waals surface area contributed by atoms with E-state index in [9.17, 15) is 19.5 Å². The summed E-state index contributed by atoms with van der Waals surface area (Å²) in [6.07, 6.45) is 6.09. The molecule has 0 spiro atoms. The van der Waals surface area contributed by atoms with Gasteiger partial charge in [-0.25, -0.2) is 0 Å². The van der Waals surface area contributed by atoms with Gasteiger partial charge in [0.2, 0.25) is 11.8 Å². The molecule has 0 aromatic heterocycles. The van der Waals surface area contributed by atoms with Crippen LogP contribution in [0.25, 0.3) is 0 Å². The molecule has 36 heavy (non-hydrogen) atoms. The Hall–Kier alpha value is -3.67. The number of aliphatic hydroxyl groups is 1. The third kappa shape index (κ3) is 7.41. The fourth-order valence-corrected chi connectivity index (χ4v) is 4.26. The lowest BCUT2D eigenvalue weighted by Crippen LogP contribution is -2.37. The first kappa shape index (κ1) is 28.6. The van der Waals surface area contributed by atoms with E-state index in [-0.39, 0.29) is 41.1 Å². The molecular formula is C28H36N4O4. The molecule has 2 atom stereocenters. The van der Waals surface area contributed by atoms with Crippen LogP contribution in [0.2, 0.25) is 0 Å². The van der Waals surface area contributed by atoms with Crippen molar-refractivity contribution in [1.29, 1.82) is 0 Å². The smallest absolute Gasteiger partial charge is 0.254 e. The molecule has 0 radical (unpaired) electrons. The third-order valence-electron chi connectivity index (χ3n) is 5.93. The van der Waals surface area contributed by atoms with Gasteiger partial charge in [0, 0.05) is 55.2 Å². The van der Waals surface area contributed by atoms with Gasteiger partial charge in [0.1, 0.15) is 0 Å². The van der Waals surface area contributed by atoms with Crippen molar-refractivity contribution in [3.63, 3.8) is 0 Å². The molecule has 8 nitrogen and oxygen atoms in total. The van der Waals surface area contributed by atoms with Crippen LogP contribution in [0.4, 0.5) is 0 Å². The zero-order chi connectivity index (χ0) is 26.7. The fraction of sp³-hybridized carbons (Fsp3) is 0.393. The SMILES string of the molecule is C#CC[C@@H](c1c(C(N)=O)cc(C(N)=O)cc1C(=O)N(CCC)CCC)[C@@H](O)CNCc1ccccc1. The molecule has 0 unspecified atom stereocenters. The maximum Gasteiger partial charge on any atom is 0.254 e. The summed E-state index contributed by atoms with van der Waals surface area (Å²) in [7, 11) is 0. The van der Waals surface area contributed by atoms with E-state index in [4.69, 9.17) is 17.9 Å². The van der Waals surface area contributed by atoms with E-state index >= 15 is 0 Å². The summed E-state index contributed by atoms with van der Waals surface area (Å²) in [5.74, 6) is -0.246. The van der Waals surface area contributed by atoms with E-state index in [1.807, 2.05) is 44.2 Å². The van der Waals surface area contributed by atoms with Gasteiger partial charge in [-0.1, -0.05) is 44.2 Å². The maximum atomic E-state index is 13.7. The minimum atomic E-state index is -1.04. The average molecular weight is 493 g/mol. The van der Waals surface area contributed by atoms with Crippen LogP contribution in [0, 0.1) is 12.3 Å². The molecule has 0 bridgehead atoms. The Kier molecular flexibility index (Phi) is 11.1. The molecule has 3 amide bonds. The molecule has 8 heteroatoms. The standard InChI is InChI=1S/C28H36N4O4/c1-4-10-21(24(33)18-31-17-19-11-8-7-9-12-19)25-22(27(30)35)15-20(26(29)34)16-23(25)28(36)32(13-5-2)14-6-3/h1,7-9,11-12,15-16,21,24,31,33H,5-6,10,13-14,17-18H2,2-3H3,(H2,29,34)(H2,30,35)/t21-,24+/m1/s1. The van der Waals surface area contributed by atoms with Crippen LogP contribution in [-0.4, -0.2) is 53.5 Å². The van der Waals surface area contributed by atoms with Gasteiger partial charge in [-0.15, -0.1) is 12.3 Å². The first-order chi connectivity index (χ1) is 17.2. The van der Waals surface area contributed by atoms with Gasteiger partial charge in [0.15, 0.2) is 0 Å². The van der Waals surface area contributed by atoms with Crippen LogP contribution in [0.5, 0.6) is 0 Å². The van der Waals surface area contributed by atoms with Gasteiger partial charge in [-0.2, -0.15) is 0 Å². The first-order valence-corrected chi connectivity index (χ1v) is 12.2. The van der Waals surface area contributed by atoms with Crippen molar-refractivity contribution in [2.75, 3.05) is 19.6 Å². The summed E-state index contributed by atoms with van der Waals surface area (Å²) in [5.41, 5.74) is 12.5. The summed E-state index contributed by atoms with van der Waals surface area (Å²) < 4.78 is 0. The Bertz CT molecular complexity index is 1090. The number of nitrogens with one attached hydrogen (secondary N) is 1. The number of carbonyl (C=O) groups excluding carboxylic acids is 3. The molecule has 0 saturated heterocycles. The second-order valence-corrected chi connectivity index (χ2v) is 8.70. The molecule has 2 aromatic carbocycles. The third-order valence-corrected chi connectivity index (χ3v) is 5.93. The van der Waals surface area contributed by atoms with Crippen LogP contribution in [0.15, 0.2) is 42.5 Å². The Morgan fingerprint density at radius 2 is 1.64 bits per heavy atom. The van der Waals surface area contributed by atoms with Crippen LogP contribution in [0.1, 0.15) is 81.2 Å². The van der Waals surface area contributed by atoms with Crippen LogP contribution >= 0.6 is 0 Å². The Labute approximate surface area is 213 Å². The lowest BCUT2D eigenvalue weighted by atomic mass is 9.82. The van der Waals surface area contributed by atoms with E-state index in [1.165, 1.54) is 12.1 Å². The van der Waals surface area contributed by atoms with Crippen molar-refractivity contribution in [3.8, 4) is 12.3 Å². The minimum Gasteiger partial charge on any atom is -0.391 e. The van der Waals surface area contributed by atoms with Gasteiger partial charge in [-0.3, -0.25) is 14.4 Å². The molecular weight excluding hydrogens is 456 g/mol. The molecule has 0 heterocycles. The highest BCUT2D eigenvalue weighted by Gasteiger charge is 2.32. The molecule has 6 N–H and O–H groups in total. The molecule has 0 aliphatic rings. The van der Waals surface area contributed by atoms with Crippen molar-refractivity contribution in [1.82, 2.24) is 10.2 Å². The summed E-state index contributed by atoms with van der Waals surface area (Å²) >= 11 is 0. The van der Waals surface area contributed by atoms with Crippen LogP contribution in [-0.2, 0) is 6.54 Å². The highest BCUT2D eigenvalue weighted by molar-refractivity contribution is 6.06. The quantitative estimate of drug-likeness (QED) is 0.300. The van der Waals surface area contributed by atoms with E-state index in [0.29, 0.717) is 19.6 Å². The van der Waals surface area contributed by atoms with Gasteiger partial charge in [0.25, 0.3) is 5.91 Å². The molecule has 2 rings (SSSR count). The molecule has 192 valence electrons. The Balaban J connectivity index is 2.57. The highest BCUT2D eigenvalue weighted by atomic mass is 16.3. The van der Waals surface area contributed by atoms with Gasteiger partial charge in [0.05, 0.1) is 6.10 Å². The van der Waals surface area contributed by atoms with Gasteiger partial charge in [-0.05, 0) is 36.1 Å². The summed E-state index contributed by atoms with van der Waals surface area (Å²) in [5, 5.41) is 14.4. The number of hydrogen-bond donors (Lipinski definition) is 4. The number of carbonyl (C=O) groups is 3. The van der Waals surface area contributed by atoms with Crippen molar-refractivity contribution in [2.45, 2.75) is 51.7 Å². The molecule has 0 fully saturated rings. The predicted molar refractivity (Wildman–Crippen MR) is 140 cm³/mol. The average Bonchev–Trinajstić information content (AvgIpc) is 2.86. The molecule has 2 aromatic rings. The number of amides is 3. The van der Waals surface area contributed by atoms with Crippen molar-refractivity contribution >= 4 is 17.7 Å². The van der Waals surface area contributed by atoms with Crippen LogP contribution in [0.3, 0.4) is 0 Å². The summed E-state index contributed by atoms with van der Waals surface area (Å²) in [6.45, 7) is 5.54. The number of terminal acetylenes is 1. The monoisotopic (exact) mass is 492 g/mol. The molecule has 0 saturated carbocycles. The fourth-order valence-electron chi connectivity index (χ4n) is 4.26. The Morgan fingerprint density at radius 3 is 2.17 bits per heavy atom. The second kappa shape index (κ2) is 14.0. The van der Waals surface area contributed by atoms with Crippen molar-refractivity contribution in [3.05, 3.63) is 70.3 Å². The number of nitrogens with two attached hydrogens (primary N) is 2. The second-order valence-electron chi connectivity index (χ2n) is 8.70. The zero-order valence-electron chi connectivity index (χ0n) is 21.0. The molecule has 0 aliphatic heterocycles. The topological polar surface area (TPSA) is 139 Å². The van der Waals surface area contributed by atoms with E-state index in [2.05, 4.69) is 11.2 Å². The van der Waals surface area contributed by atoms with E-state index in [1.54, 1.807) is 4.90 Å². The minimum absolute atomic E-state index is 0.0139. The number of rotatable bonds is 14. The zero-order valence-corrected chi connectivity index (χ0v) is 21.0. The van der Waals surface area contributed by atoms with Crippen molar-refractivity contribution < 1.29 is 19.5 Å².